The Balaban J connectivity index is 1.56. The third-order valence-corrected chi connectivity index (χ3v) is 7.28. The Morgan fingerprint density at radius 2 is 1.74 bits per heavy atom. The summed E-state index contributed by atoms with van der Waals surface area (Å²) in [5.74, 6) is 0. The van der Waals surface area contributed by atoms with Gasteiger partial charge in [-0.1, -0.05) is 48.9 Å². The smallest absolute Gasteiger partial charge is 0.308 e. The van der Waals surface area contributed by atoms with Crippen LogP contribution in [0.2, 0.25) is 0 Å². The predicted octanol–water partition coefficient (Wildman–Crippen LogP) is 4.95. The van der Waals surface area contributed by atoms with Crippen molar-refractivity contribution in [2.75, 3.05) is 21.5 Å². The highest BCUT2D eigenvalue weighted by Crippen LogP contribution is 2.35. The van der Waals surface area contributed by atoms with E-state index < -0.39 is 10.0 Å². The summed E-state index contributed by atoms with van der Waals surface area (Å²) < 4.78 is 27.8. The molecule has 3 aromatic rings. The number of rotatable bonds is 5. The minimum Gasteiger partial charge on any atom is -0.308 e. The van der Waals surface area contributed by atoms with Crippen molar-refractivity contribution in [3.63, 3.8) is 0 Å². The van der Waals surface area contributed by atoms with Crippen LogP contribution in [0.3, 0.4) is 0 Å². The number of urea groups is 1. The van der Waals surface area contributed by atoms with Crippen molar-refractivity contribution >= 4 is 33.1 Å². The van der Waals surface area contributed by atoms with Gasteiger partial charge in [0.1, 0.15) is 0 Å². The zero-order chi connectivity index (χ0) is 22.0. The predicted molar refractivity (Wildman–Crippen MR) is 124 cm³/mol. The molecule has 0 bridgehead atoms. The van der Waals surface area contributed by atoms with Gasteiger partial charge in [-0.25, -0.2) is 13.2 Å². The first-order valence-electron chi connectivity index (χ1n) is 10.3. The van der Waals surface area contributed by atoms with Crippen LogP contribution < -0.4 is 14.9 Å². The van der Waals surface area contributed by atoms with Crippen LogP contribution in [0, 0.1) is 6.92 Å². The van der Waals surface area contributed by atoms with Gasteiger partial charge < -0.3 is 10.6 Å². The minimum atomic E-state index is -3.67. The first-order valence-corrected chi connectivity index (χ1v) is 11.7. The maximum atomic E-state index is 13.2. The van der Waals surface area contributed by atoms with Crippen LogP contribution in [0.5, 0.6) is 0 Å². The number of para-hydroxylation sites is 1. The van der Waals surface area contributed by atoms with Crippen LogP contribution in [-0.4, -0.2) is 21.0 Å². The lowest BCUT2D eigenvalue weighted by atomic mass is 10.1. The molecule has 0 aromatic heterocycles. The molecule has 0 spiro atoms. The Morgan fingerprint density at radius 1 is 1.00 bits per heavy atom. The second-order valence-electron chi connectivity index (χ2n) is 7.57. The summed E-state index contributed by atoms with van der Waals surface area (Å²) in [5, 5.41) is 5.69. The lowest BCUT2D eigenvalue weighted by molar-refractivity contribution is 0.262. The van der Waals surface area contributed by atoms with Crippen molar-refractivity contribution in [2.45, 2.75) is 31.6 Å². The van der Waals surface area contributed by atoms with E-state index in [9.17, 15) is 13.2 Å². The Labute approximate surface area is 183 Å². The summed E-state index contributed by atoms with van der Waals surface area (Å²) in [6.07, 6.45) is 1.44. The molecule has 3 aromatic carbocycles. The highest BCUT2D eigenvalue weighted by Gasteiger charge is 2.31. The fraction of sp³-hybridized carbons (Fsp3) is 0.208. The molecule has 6 nitrogen and oxygen atoms in total. The van der Waals surface area contributed by atoms with E-state index in [1.807, 2.05) is 44.2 Å². The number of anilines is 3. The molecule has 0 saturated heterocycles. The lowest BCUT2D eigenvalue weighted by Gasteiger charge is -2.20. The number of fused-ring (bicyclic) bond motifs is 1. The van der Waals surface area contributed by atoms with E-state index in [4.69, 9.17) is 0 Å². The van der Waals surface area contributed by atoms with Gasteiger partial charge in [0.15, 0.2) is 0 Å². The molecule has 1 aliphatic rings. The van der Waals surface area contributed by atoms with Gasteiger partial charge in [0.2, 0.25) is 0 Å². The Morgan fingerprint density at radius 3 is 2.48 bits per heavy atom. The van der Waals surface area contributed by atoms with Gasteiger partial charge in [-0.3, -0.25) is 4.31 Å². The van der Waals surface area contributed by atoms with Gasteiger partial charge in [-0.05, 0) is 61.2 Å². The number of carbonyl (C=O) groups excluding carboxylic acids is 1. The van der Waals surface area contributed by atoms with Crippen LogP contribution in [-0.2, 0) is 22.9 Å². The minimum absolute atomic E-state index is 0.262. The van der Waals surface area contributed by atoms with Crippen LogP contribution >= 0.6 is 0 Å². The summed E-state index contributed by atoms with van der Waals surface area (Å²) in [4.78, 5) is 12.8. The fourth-order valence-electron chi connectivity index (χ4n) is 3.75. The maximum Gasteiger partial charge on any atom is 0.323 e. The maximum absolute atomic E-state index is 13.2. The molecule has 0 aliphatic carbocycles. The number of amides is 2. The summed E-state index contributed by atoms with van der Waals surface area (Å²) in [6, 6.07) is 19.5. The summed E-state index contributed by atoms with van der Waals surface area (Å²) in [5.41, 5.74) is 4.89. The molecule has 7 heteroatoms. The molecule has 0 radical (unpaired) electrons. The molecular weight excluding hydrogens is 410 g/mol. The number of nitrogens with one attached hydrogen (secondary N) is 2. The first kappa shape index (κ1) is 20.9. The normalized spacial score (nSPS) is 13.0. The molecule has 2 amide bonds. The van der Waals surface area contributed by atoms with Crippen LogP contribution in [0.15, 0.2) is 71.6 Å². The molecule has 1 heterocycles. The Hall–Kier alpha value is -3.32. The molecule has 0 atom stereocenters. The van der Waals surface area contributed by atoms with E-state index in [1.165, 1.54) is 4.31 Å². The standard InChI is InChI=1S/C24H25N3O3S/c1-3-18-6-4-5-7-22(18)26-24(28)25-20-11-10-19-14-15-27(23(19)16-20)31(29,30)21-12-8-17(2)9-13-21/h4-13,16H,3,14-15H2,1-2H3,(H2,25,26,28). The SMILES string of the molecule is CCc1ccccc1NC(=O)Nc1ccc2c(c1)N(S(=O)(=O)c1ccc(C)cc1)CC2. The topological polar surface area (TPSA) is 78.5 Å². The van der Waals surface area contributed by atoms with Gasteiger partial charge >= 0.3 is 6.03 Å². The number of sulfonamides is 1. The van der Waals surface area contributed by atoms with Gasteiger partial charge in [0.05, 0.1) is 10.6 Å². The molecule has 4 rings (SSSR count). The Bertz CT molecular complexity index is 1220. The number of aryl methyl sites for hydroxylation is 2. The molecule has 160 valence electrons. The van der Waals surface area contributed by atoms with E-state index in [0.717, 1.165) is 28.8 Å². The Kier molecular flexibility index (Phi) is 5.69. The molecule has 0 unspecified atom stereocenters. The quantitative estimate of drug-likeness (QED) is 0.595. The van der Waals surface area contributed by atoms with Gasteiger partial charge in [-0.15, -0.1) is 0 Å². The van der Waals surface area contributed by atoms with Crippen molar-refractivity contribution in [2.24, 2.45) is 0 Å². The average Bonchev–Trinajstić information content (AvgIpc) is 3.18. The van der Waals surface area contributed by atoms with Crippen LogP contribution in [0.25, 0.3) is 0 Å². The van der Waals surface area contributed by atoms with E-state index in [-0.39, 0.29) is 10.9 Å². The zero-order valence-electron chi connectivity index (χ0n) is 17.6. The van der Waals surface area contributed by atoms with Crippen molar-refractivity contribution in [1.29, 1.82) is 0 Å². The zero-order valence-corrected chi connectivity index (χ0v) is 18.4. The molecule has 2 N–H and O–H groups in total. The fourth-order valence-corrected chi connectivity index (χ4v) is 5.25. The number of benzene rings is 3. The largest absolute Gasteiger partial charge is 0.323 e. The van der Waals surface area contributed by atoms with E-state index >= 15 is 0 Å². The van der Waals surface area contributed by atoms with E-state index in [0.29, 0.717) is 24.3 Å². The van der Waals surface area contributed by atoms with Crippen LogP contribution in [0.1, 0.15) is 23.6 Å². The van der Waals surface area contributed by atoms with Crippen molar-refractivity contribution in [1.82, 2.24) is 0 Å². The highest BCUT2D eigenvalue weighted by atomic mass is 32.2. The third-order valence-electron chi connectivity index (χ3n) is 5.45. The van der Waals surface area contributed by atoms with Crippen molar-refractivity contribution in [3.05, 3.63) is 83.4 Å². The summed E-state index contributed by atoms with van der Waals surface area (Å²) in [7, 11) is -3.67. The first-order chi connectivity index (χ1) is 14.9. The van der Waals surface area contributed by atoms with Gasteiger partial charge in [0, 0.05) is 17.9 Å². The third kappa shape index (κ3) is 4.27. The second kappa shape index (κ2) is 8.43. The average molecular weight is 436 g/mol. The number of hydrogen-bond donors (Lipinski definition) is 2. The molecular formula is C24H25N3O3S. The number of hydrogen-bond acceptors (Lipinski definition) is 3. The van der Waals surface area contributed by atoms with E-state index in [2.05, 4.69) is 10.6 Å². The van der Waals surface area contributed by atoms with Gasteiger partial charge in [-0.2, -0.15) is 0 Å². The number of carbonyl (C=O) groups is 1. The highest BCUT2D eigenvalue weighted by molar-refractivity contribution is 7.92. The van der Waals surface area contributed by atoms with E-state index in [1.54, 1.807) is 36.4 Å². The summed E-state index contributed by atoms with van der Waals surface area (Å²) >= 11 is 0. The molecule has 31 heavy (non-hydrogen) atoms. The lowest BCUT2D eigenvalue weighted by Crippen LogP contribution is -2.29. The van der Waals surface area contributed by atoms with Crippen molar-refractivity contribution < 1.29 is 13.2 Å². The van der Waals surface area contributed by atoms with Gasteiger partial charge in [0.25, 0.3) is 10.0 Å². The summed E-state index contributed by atoms with van der Waals surface area (Å²) in [6.45, 7) is 4.33. The number of nitrogens with zero attached hydrogens (tertiary/aromatic N) is 1. The monoisotopic (exact) mass is 435 g/mol. The van der Waals surface area contributed by atoms with Crippen LogP contribution in [0.4, 0.5) is 21.9 Å². The van der Waals surface area contributed by atoms with Crippen molar-refractivity contribution in [3.8, 4) is 0 Å². The molecule has 1 aliphatic heterocycles. The molecule has 0 saturated carbocycles. The second-order valence-corrected chi connectivity index (χ2v) is 9.44. The molecule has 0 fully saturated rings.